The zero-order chi connectivity index (χ0) is 17.1. The molecule has 0 N–H and O–H groups in total. The maximum absolute atomic E-state index is 6.17. The average Bonchev–Trinajstić information content (AvgIpc) is 2.69. The molecular weight excluding hydrogens is 330 g/mol. The zero-order valence-electron chi connectivity index (χ0n) is 13.5. The number of aromatic nitrogens is 3. The standard InChI is InChI=1S/C21H16ClN3/c22-21-24-19(16-10-5-2-6-11-16)23-20(25-21)18-13-7-12-17(14-18)15-8-3-1-4-9-15/h1-10,12-14,16H,11H2/t16-/m0/s1. The van der Waals surface area contributed by atoms with Gasteiger partial charge in [-0.3, -0.25) is 0 Å². The maximum atomic E-state index is 6.17. The highest BCUT2D eigenvalue weighted by molar-refractivity contribution is 6.28. The molecule has 0 radical (unpaired) electrons. The first-order chi connectivity index (χ1) is 12.3. The summed E-state index contributed by atoms with van der Waals surface area (Å²) in [5.41, 5.74) is 3.21. The quantitative estimate of drug-likeness (QED) is 0.632. The van der Waals surface area contributed by atoms with Crippen LogP contribution >= 0.6 is 11.6 Å². The zero-order valence-corrected chi connectivity index (χ0v) is 14.3. The molecule has 0 amide bonds. The third-order valence-corrected chi connectivity index (χ3v) is 4.33. The Hall–Kier alpha value is -2.78. The molecule has 1 aliphatic carbocycles. The van der Waals surface area contributed by atoms with Crippen LogP contribution in [-0.2, 0) is 0 Å². The van der Waals surface area contributed by atoms with Crippen LogP contribution in [0.2, 0.25) is 5.28 Å². The second-order valence-corrected chi connectivity index (χ2v) is 6.23. The first-order valence-corrected chi connectivity index (χ1v) is 8.58. The molecule has 25 heavy (non-hydrogen) atoms. The predicted molar refractivity (Wildman–Crippen MR) is 101 cm³/mol. The number of hydrogen-bond donors (Lipinski definition) is 0. The first kappa shape index (κ1) is 15.7. The molecule has 4 rings (SSSR count). The molecule has 3 aromatic rings. The minimum absolute atomic E-state index is 0.140. The fourth-order valence-corrected chi connectivity index (χ4v) is 3.07. The normalized spacial score (nSPS) is 16.1. The van der Waals surface area contributed by atoms with Gasteiger partial charge >= 0.3 is 0 Å². The molecule has 0 bridgehead atoms. The van der Waals surface area contributed by atoms with Gasteiger partial charge in [0.2, 0.25) is 5.28 Å². The van der Waals surface area contributed by atoms with Gasteiger partial charge in [-0.25, -0.2) is 9.97 Å². The summed E-state index contributed by atoms with van der Waals surface area (Å²) in [5.74, 6) is 1.46. The third-order valence-electron chi connectivity index (χ3n) is 4.17. The van der Waals surface area contributed by atoms with E-state index in [1.54, 1.807) is 0 Å². The molecule has 1 aromatic heterocycles. The van der Waals surface area contributed by atoms with Crippen LogP contribution in [0.15, 0.2) is 78.9 Å². The Morgan fingerprint density at radius 1 is 0.800 bits per heavy atom. The fourth-order valence-electron chi connectivity index (χ4n) is 2.90. The van der Waals surface area contributed by atoms with Crippen LogP contribution in [0.1, 0.15) is 18.2 Å². The summed E-state index contributed by atoms with van der Waals surface area (Å²) < 4.78 is 0. The molecule has 2 aromatic carbocycles. The van der Waals surface area contributed by atoms with Crippen molar-refractivity contribution in [3.8, 4) is 22.5 Å². The summed E-state index contributed by atoms with van der Waals surface area (Å²) in [6, 6.07) is 18.4. The topological polar surface area (TPSA) is 38.7 Å². The molecule has 3 nitrogen and oxygen atoms in total. The highest BCUT2D eigenvalue weighted by atomic mass is 35.5. The number of rotatable bonds is 3. The predicted octanol–water partition coefficient (Wildman–Crippen LogP) is 5.46. The molecule has 4 heteroatoms. The Morgan fingerprint density at radius 3 is 2.40 bits per heavy atom. The van der Waals surface area contributed by atoms with Gasteiger partial charge in [0.15, 0.2) is 5.82 Å². The summed E-state index contributed by atoms with van der Waals surface area (Å²) in [7, 11) is 0. The Balaban J connectivity index is 1.74. The van der Waals surface area contributed by atoms with Crippen LogP contribution in [0.3, 0.4) is 0 Å². The Kier molecular flexibility index (Phi) is 4.40. The summed E-state index contributed by atoms with van der Waals surface area (Å²) >= 11 is 6.17. The molecule has 0 unspecified atom stereocenters. The van der Waals surface area contributed by atoms with Crippen LogP contribution in [0.5, 0.6) is 0 Å². The Labute approximate surface area is 151 Å². The van der Waals surface area contributed by atoms with Crippen LogP contribution in [0, 0.1) is 0 Å². The summed E-state index contributed by atoms with van der Waals surface area (Å²) in [4.78, 5) is 13.3. The third kappa shape index (κ3) is 3.52. The van der Waals surface area contributed by atoms with E-state index in [0.29, 0.717) is 11.6 Å². The maximum Gasteiger partial charge on any atom is 0.226 e. The minimum Gasteiger partial charge on any atom is -0.212 e. The summed E-state index contributed by atoms with van der Waals surface area (Å²) in [6.45, 7) is 0. The van der Waals surface area contributed by atoms with Gasteiger partial charge in [-0.15, -0.1) is 0 Å². The highest BCUT2D eigenvalue weighted by Crippen LogP contribution is 2.27. The molecule has 0 fully saturated rings. The molecule has 0 saturated heterocycles. The largest absolute Gasteiger partial charge is 0.226 e. The smallest absolute Gasteiger partial charge is 0.212 e. The molecule has 0 spiro atoms. The van der Waals surface area contributed by atoms with Gasteiger partial charge in [-0.2, -0.15) is 4.98 Å². The number of nitrogens with zero attached hydrogens (tertiary/aromatic N) is 3. The van der Waals surface area contributed by atoms with Gasteiger partial charge in [0.1, 0.15) is 5.82 Å². The molecule has 1 aliphatic rings. The van der Waals surface area contributed by atoms with E-state index < -0.39 is 0 Å². The second kappa shape index (κ2) is 6.99. The number of benzene rings is 2. The van der Waals surface area contributed by atoms with E-state index in [0.717, 1.165) is 23.1 Å². The first-order valence-electron chi connectivity index (χ1n) is 8.20. The van der Waals surface area contributed by atoms with Crippen LogP contribution in [-0.4, -0.2) is 15.0 Å². The molecule has 0 saturated carbocycles. The fraction of sp³-hybridized carbons (Fsp3) is 0.0952. The van der Waals surface area contributed by atoms with Crippen LogP contribution in [0.25, 0.3) is 22.5 Å². The van der Waals surface area contributed by atoms with Crippen LogP contribution in [0.4, 0.5) is 0 Å². The van der Waals surface area contributed by atoms with Crippen molar-refractivity contribution < 1.29 is 0 Å². The highest BCUT2D eigenvalue weighted by Gasteiger charge is 2.15. The van der Waals surface area contributed by atoms with Crippen molar-refractivity contribution in [1.29, 1.82) is 0 Å². The monoisotopic (exact) mass is 345 g/mol. The van der Waals surface area contributed by atoms with Crippen molar-refractivity contribution in [1.82, 2.24) is 15.0 Å². The van der Waals surface area contributed by atoms with E-state index in [2.05, 4.69) is 51.4 Å². The van der Waals surface area contributed by atoms with E-state index in [1.807, 2.05) is 42.5 Å². The van der Waals surface area contributed by atoms with Gasteiger partial charge in [-0.1, -0.05) is 72.8 Å². The lowest BCUT2D eigenvalue weighted by Crippen LogP contribution is -2.06. The molecule has 122 valence electrons. The Morgan fingerprint density at radius 2 is 1.60 bits per heavy atom. The lowest BCUT2D eigenvalue weighted by molar-refractivity contribution is 0.761. The summed E-state index contributed by atoms with van der Waals surface area (Å²) in [5, 5.41) is 0.230. The van der Waals surface area contributed by atoms with E-state index in [4.69, 9.17) is 11.6 Å². The van der Waals surface area contributed by atoms with Gasteiger partial charge in [0.25, 0.3) is 0 Å². The van der Waals surface area contributed by atoms with E-state index >= 15 is 0 Å². The molecule has 1 atom stereocenters. The molecule has 1 heterocycles. The second-order valence-electron chi connectivity index (χ2n) is 5.89. The van der Waals surface area contributed by atoms with Crippen molar-refractivity contribution in [2.75, 3.05) is 0 Å². The van der Waals surface area contributed by atoms with Gasteiger partial charge in [0, 0.05) is 11.5 Å². The van der Waals surface area contributed by atoms with Gasteiger partial charge < -0.3 is 0 Å². The number of halogens is 1. The van der Waals surface area contributed by atoms with Gasteiger partial charge in [-0.05, 0) is 35.2 Å². The SMILES string of the molecule is Clc1nc(-c2cccc(-c3ccccc3)c2)nc([C@H]2C=CC=CC2)n1. The van der Waals surface area contributed by atoms with Crippen molar-refractivity contribution in [3.05, 3.63) is 90.0 Å². The van der Waals surface area contributed by atoms with Crippen molar-refractivity contribution in [2.45, 2.75) is 12.3 Å². The molecule has 0 aliphatic heterocycles. The number of hydrogen-bond acceptors (Lipinski definition) is 3. The van der Waals surface area contributed by atoms with Crippen molar-refractivity contribution in [3.63, 3.8) is 0 Å². The van der Waals surface area contributed by atoms with Crippen molar-refractivity contribution >= 4 is 11.6 Å². The Bertz CT molecular complexity index is 948. The van der Waals surface area contributed by atoms with Gasteiger partial charge in [0.05, 0.1) is 0 Å². The number of allylic oxidation sites excluding steroid dienone is 4. The molecular formula is C21H16ClN3. The average molecular weight is 346 g/mol. The minimum atomic E-state index is 0.140. The summed E-state index contributed by atoms with van der Waals surface area (Å²) in [6.07, 6.45) is 9.12. The van der Waals surface area contributed by atoms with E-state index in [9.17, 15) is 0 Å². The lowest BCUT2D eigenvalue weighted by Gasteiger charge is -2.13. The van der Waals surface area contributed by atoms with Crippen molar-refractivity contribution in [2.24, 2.45) is 0 Å². The van der Waals surface area contributed by atoms with E-state index in [-0.39, 0.29) is 11.2 Å². The van der Waals surface area contributed by atoms with Crippen LogP contribution < -0.4 is 0 Å². The van der Waals surface area contributed by atoms with E-state index in [1.165, 1.54) is 0 Å². The lowest BCUT2D eigenvalue weighted by atomic mass is 10.00.